The Morgan fingerprint density at radius 2 is 1.82 bits per heavy atom. The molecule has 2 N–H and O–H groups in total. The van der Waals surface area contributed by atoms with Crippen LogP contribution in [0.5, 0.6) is 0 Å². The van der Waals surface area contributed by atoms with Gasteiger partial charge in [0.15, 0.2) is 5.17 Å². The Labute approximate surface area is 314 Å². The van der Waals surface area contributed by atoms with Gasteiger partial charge in [-0.3, -0.25) is 9.59 Å². The van der Waals surface area contributed by atoms with E-state index in [1.165, 1.54) is 21.9 Å². The Hall–Kier alpha value is -2.68. The standard InChI is InChI=1S/C33H34Cl2F2N6O4S.2ClH/c1-16(2)25-26(29(45)41-14-19(36)11-22(41)28(44)42-15-33(8-9-33)39-13-23(42)30(46)47)48-31-40-32(3,18-5-7-24(35)38-12-18)27(43(25)31)17-4-6-20(34)21(37)10-17;;/h4-7,10,12,16,19,22-23,27,39H,8-9,11,13-15H2,1-3H3,(H,46,47);2*1H/t19-,22-,23-,27-,32+;;/m1../s1. The van der Waals surface area contributed by atoms with Gasteiger partial charge >= 0.3 is 5.97 Å². The molecule has 2 amide bonds. The number of alkyl halides is 1. The van der Waals surface area contributed by atoms with Gasteiger partial charge in [0.2, 0.25) is 5.91 Å². The molecule has 2 saturated heterocycles. The number of halogens is 6. The molecule has 1 saturated carbocycles. The fraction of sp³-hybridized carbons (Fsp3) is 0.485. The fourth-order valence-electron chi connectivity index (χ4n) is 7.41. The summed E-state index contributed by atoms with van der Waals surface area (Å²) in [7, 11) is 0. The number of amidine groups is 1. The largest absolute Gasteiger partial charge is 0.480 e. The smallest absolute Gasteiger partial charge is 0.327 e. The molecule has 0 unspecified atom stereocenters. The monoisotopic (exact) mass is 790 g/mol. The molecule has 2 aromatic rings. The molecule has 50 heavy (non-hydrogen) atoms. The summed E-state index contributed by atoms with van der Waals surface area (Å²) in [6.45, 7) is 5.72. The van der Waals surface area contributed by atoms with Gasteiger partial charge in [-0.2, -0.15) is 0 Å². The minimum Gasteiger partial charge on any atom is -0.480 e. The zero-order chi connectivity index (χ0) is 34.3. The molecule has 1 aromatic heterocycles. The number of carbonyl (C=O) groups is 3. The van der Waals surface area contributed by atoms with Crippen LogP contribution >= 0.6 is 59.8 Å². The van der Waals surface area contributed by atoms with Gasteiger partial charge in [0.1, 0.15) is 39.7 Å². The molecule has 1 spiro atoms. The number of nitrogens with one attached hydrogen (secondary N) is 1. The molecular formula is C33H36Cl4F2N6O4S. The third-order valence-electron chi connectivity index (χ3n) is 10.1. The first-order valence-electron chi connectivity index (χ1n) is 15.8. The number of nitrogens with zero attached hydrogens (tertiary/aromatic N) is 5. The van der Waals surface area contributed by atoms with Crippen LogP contribution in [-0.2, 0) is 19.9 Å². The zero-order valence-electron chi connectivity index (χ0n) is 27.2. The number of aliphatic carboxylic acids is 1. The van der Waals surface area contributed by atoms with Crippen LogP contribution in [0.3, 0.4) is 0 Å². The molecule has 0 radical (unpaired) electrons. The van der Waals surface area contributed by atoms with Gasteiger partial charge < -0.3 is 25.1 Å². The van der Waals surface area contributed by atoms with Crippen molar-refractivity contribution < 1.29 is 28.3 Å². The fourth-order valence-corrected chi connectivity index (χ4v) is 9.00. The lowest BCUT2D eigenvalue weighted by Gasteiger charge is -2.41. The minimum atomic E-state index is -1.46. The third kappa shape index (κ3) is 6.47. The van der Waals surface area contributed by atoms with Gasteiger partial charge in [-0.05, 0) is 61.2 Å². The molecule has 4 aliphatic heterocycles. The predicted molar refractivity (Wildman–Crippen MR) is 192 cm³/mol. The summed E-state index contributed by atoms with van der Waals surface area (Å²) in [6, 6.07) is 5.12. The van der Waals surface area contributed by atoms with Crippen molar-refractivity contribution in [2.24, 2.45) is 10.9 Å². The van der Waals surface area contributed by atoms with E-state index >= 15 is 4.39 Å². The molecule has 5 atom stereocenters. The topological polar surface area (TPSA) is 118 Å². The van der Waals surface area contributed by atoms with E-state index in [1.807, 2.05) is 31.7 Å². The second kappa shape index (κ2) is 14.0. The van der Waals surface area contributed by atoms with Crippen LogP contribution in [0.2, 0.25) is 10.2 Å². The number of thioether (sulfide) groups is 1. The van der Waals surface area contributed by atoms with E-state index in [4.69, 9.17) is 28.2 Å². The van der Waals surface area contributed by atoms with Crippen molar-refractivity contribution in [2.45, 2.75) is 75.4 Å². The maximum atomic E-state index is 15.2. The van der Waals surface area contributed by atoms with Crippen LogP contribution in [-0.4, -0.2) is 91.2 Å². The molecule has 270 valence electrons. The van der Waals surface area contributed by atoms with E-state index in [2.05, 4.69) is 10.3 Å². The van der Waals surface area contributed by atoms with E-state index in [0.717, 1.165) is 24.6 Å². The average molecular weight is 793 g/mol. The van der Waals surface area contributed by atoms with Crippen LogP contribution in [0.15, 0.2) is 52.1 Å². The second-order valence-corrected chi connectivity index (χ2v) is 15.4. The number of piperazine rings is 1. The quantitative estimate of drug-likeness (QED) is 0.344. The zero-order valence-corrected chi connectivity index (χ0v) is 31.2. The first-order chi connectivity index (χ1) is 22.7. The summed E-state index contributed by atoms with van der Waals surface area (Å²) in [5, 5.41) is 13.9. The van der Waals surface area contributed by atoms with E-state index in [1.54, 1.807) is 18.3 Å². The summed E-state index contributed by atoms with van der Waals surface area (Å²) in [5.41, 5.74) is 0.563. The van der Waals surface area contributed by atoms with Crippen LogP contribution in [0, 0.1) is 11.7 Å². The highest BCUT2D eigenvalue weighted by Crippen LogP contribution is 2.56. The number of fused-ring (bicyclic) bond motifs is 1. The lowest BCUT2D eigenvalue weighted by Crippen LogP contribution is -2.64. The Bertz CT molecular complexity index is 1780. The molecule has 5 heterocycles. The summed E-state index contributed by atoms with van der Waals surface area (Å²) >= 11 is 13.3. The van der Waals surface area contributed by atoms with Crippen molar-refractivity contribution in [3.63, 3.8) is 0 Å². The average Bonchev–Trinajstić information content (AvgIpc) is 3.36. The number of benzene rings is 1. The molecular weight excluding hydrogens is 756 g/mol. The number of carboxylic acid groups (broad SMARTS) is 1. The van der Waals surface area contributed by atoms with E-state index in [9.17, 15) is 23.9 Å². The molecule has 7 rings (SSSR count). The van der Waals surface area contributed by atoms with Gasteiger partial charge in [-0.25, -0.2) is 23.6 Å². The van der Waals surface area contributed by atoms with Crippen molar-refractivity contribution in [1.29, 1.82) is 0 Å². The van der Waals surface area contributed by atoms with Crippen molar-refractivity contribution in [3.05, 3.63) is 74.3 Å². The lowest BCUT2D eigenvalue weighted by atomic mass is 9.81. The third-order valence-corrected chi connectivity index (χ3v) is 11.6. The number of rotatable bonds is 6. The van der Waals surface area contributed by atoms with Crippen molar-refractivity contribution in [1.82, 2.24) is 25.0 Å². The number of amides is 2. The molecule has 1 aromatic carbocycles. The number of hydrogen-bond donors (Lipinski definition) is 2. The van der Waals surface area contributed by atoms with E-state index in [0.29, 0.717) is 32.0 Å². The van der Waals surface area contributed by atoms with Crippen LogP contribution in [0.25, 0.3) is 0 Å². The maximum absolute atomic E-state index is 15.2. The summed E-state index contributed by atoms with van der Waals surface area (Å²) < 4.78 is 30.1. The van der Waals surface area contributed by atoms with Crippen molar-refractivity contribution in [2.75, 3.05) is 19.6 Å². The van der Waals surface area contributed by atoms with Gasteiger partial charge in [0.25, 0.3) is 5.91 Å². The maximum Gasteiger partial charge on any atom is 0.327 e. The van der Waals surface area contributed by atoms with Gasteiger partial charge in [0, 0.05) is 42.5 Å². The van der Waals surface area contributed by atoms with Crippen LogP contribution < -0.4 is 5.32 Å². The highest BCUT2D eigenvalue weighted by molar-refractivity contribution is 8.18. The number of carbonyl (C=O) groups excluding carboxylic acids is 2. The first-order valence-corrected chi connectivity index (χ1v) is 17.4. The minimum absolute atomic E-state index is 0. The highest BCUT2D eigenvalue weighted by atomic mass is 35.5. The normalized spacial score (nSPS) is 28.0. The lowest BCUT2D eigenvalue weighted by molar-refractivity contribution is -0.155. The second-order valence-electron chi connectivity index (χ2n) is 13.6. The van der Waals surface area contributed by atoms with Gasteiger partial charge in [-0.15, -0.1) is 24.8 Å². The van der Waals surface area contributed by atoms with Crippen LogP contribution in [0.1, 0.15) is 57.2 Å². The Morgan fingerprint density at radius 1 is 1.10 bits per heavy atom. The van der Waals surface area contributed by atoms with E-state index < -0.39 is 53.4 Å². The molecule has 5 aliphatic rings. The van der Waals surface area contributed by atoms with Crippen molar-refractivity contribution in [3.8, 4) is 0 Å². The Kier molecular flexibility index (Phi) is 10.8. The number of aromatic nitrogens is 1. The van der Waals surface area contributed by atoms with Gasteiger partial charge in [0.05, 0.1) is 17.6 Å². The first kappa shape index (κ1) is 38.5. The number of carboxylic acids is 1. The SMILES string of the molecule is CC(C)C1=C(C(=O)N2C[C@H](F)C[C@@H]2C(=O)N2CC3(CC3)NC[C@@H]2C(=O)O)SC2=N[C@@](C)(c3ccc(Cl)nc3)[C@@H](c3ccc(Cl)c(F)c3)N21.Cl.Cl. The van der Waals surface area contributed by atoms with Crippen molar-refractivity contribution >= 4 is 82.7 Å². The number of allylic oxidation sites excluding steroid dienone is 1. The number of aliphatic imine (C=N–C) groups is 1. The summed E-state index contributed by atoms with van der Waals surface area (Å²) in [5.74, 6) is -3.10. The number of hydrogen-bond acceptors (Lipinski definition) is 8. The molecule has 10 nitrogen and oxygen atoms in total. The highest BCUT2D eigenvalue weighted by Gasteiger charge is 2.56. The van der Waals surface area contributed by atoms with Crippen LogP contribution in [0.4, 0.5) is 8.78 Å². The van der Waals surface area contributed by atoms with Gasteiger partial charge in [-0.1, -0.05) is 49.2 Å². The molecule has 3 fully saturated rings. The van der Waals surface area contributed by atoms with E-state index in [-0.39, 0.29) is 67.3 Å². The molecule has 0 bridgehead atoms. The molecule has 17 heteroatoms. The number of pyridine rings is 1. The summed E-state index contributed by atoms with van der Waals surface area (Å²) in [4.78, 5) is 54.8. The number of likely N-dealkylation sites (tertiary alicyclic amines) is 1. The Balaban J connectivity index is 0.00000243. The predicted octanol–water partition coefficient (Wildman–Crippen LogP) is 5.97. The summed E-state index contributed by atoms with van der Waals surface area (Å²) in [6.07, 6.45) is 1.57. The Morgan fingerprint density at radius 3 is 2.42 bits per heavy atom. The molecule has 1 aliphatic carbocycles.